The number of rotatable bonds is 6. The van der Waals surface area contributed by atoms with E-state index in [2.05, 4.69) is 4.98 Å². The highest BCUT2D eigenvalue weighted by Gasteiger charge is 2.06. The smallest absolute Gasteiger partial charge is 0.303 e. The van der Waals surface area contributed by atoms with Crippen molar-refractivity contribution in [2.75, 3.05) is 13.6 Å². The Morgan fingerprint density at radius 1 is 1.43 bits per heavy atom. The van der Waals surface area contributed by atoms with E-state index in [1.165, 1.54) is 10.5 Å². The molecule has 0 aliphatic heterocycles. The highest BCUT2D eigenvalue weighted by atomic mass is 16.4. The summed E-state index contributed by atoms with van der Waals surface area (Å²) in [5.41, 5.74) is 2.28. The normalized spacial score (nSPS) is 11.2. The highest BCUT2D eigenvalue weighted by Crippen LogP contribution is 2.05. The maximum atomic E-state index is 12.0. The average Bonchev–Trinajstić information content (AvgIpc) is 2.37. The van der Waals surface area contributed by atoms with Gasteiger partial charge >= 0.3 is 5.97 Å². The summed E-state index contributed by atoms with van der Waals surface area (Å²) in [4.78, 5) is 29.0. The topological polar surface area (TPSA) is 74.9 Å². The van der Waals surface area contributed by atoms with E-state index >= 15 is 0 Å². The van der Waals surface area contributed by atoms with Crippen LogP contribution in [0.2, 0.25) is 0 Å². The van der Waals surface area contributed by atoms with Gasteiger partial charge in [-0.05, 0) is 44.6 Å². The number of aromatic nitrogens is 2. The number of aliphatic carboxylic acids is 1. The molecule has 2 aromatic heterocycles. The Kier molecular flexibility index (Phi) is 4.70. The third-order valence-corrected chi connectivity index (χ3v) is 3.24. The lowest BCUT2D eigenvalue weighted by atomic mass is 10.2. The van der Waals surface area contributed by atoms with Gasteiger partial charge in [-0.3, -0.25) is 14.0 Å². The van der Waals surface area contributed by atoms with Crippen LogP contribution in [0.25, 0.3) is 5.65 Å². The molecule has 0 aliphatic carbocycles. The molecule has 0 fully saturated rings. The van der Waals surface area contributed by atoms with Gasteiger partial charge in [0.2, 0.25) is 0 Å². The van der Waals surface area contributed by atoms with E-state index in [1.807, 2.05) is 31.0 Å². The van der Waals surface area contributed by atoms with E-state index in [0.29, 0.717) is 30.9 Å². The minimum absolute atomic E-state index is 0.103. The minimum Gasteiger partial charge on any atom is -0.481 e. The van der Waals surface area contributed by atoms with Crippen LogP contribution in [0.4, 0.5) is 0 Å². The van der Waals surface area contributed by atoms with Crippen molar-refractivity contribution in [3.63, 3.8) is 0 Å². The molecule has 0 spiro atoms. The SMILES string of the molecule is Cc1ccn2c(=O)cc(CN(C)CCCC(=O)O)nc2c1. The standard InChI is InChI=1S/C15H19N3O3/c1-11-5-7-18-13(8-11)16-12(9-14(18)19)10-17(2)6-3-4-15(20)21/h5,7-9H,3-4,6,10H2,1-2H3,(H,20,21). The summed E-state index contributed by atoms with van der Waals surface area (Å²) in [6.45, 7) is 3.14. The first-order chi connectivity index (χ1) is 9.95. The monoisotopic (exact) mass is 289 g/mol. The van der Waals surface area contributed by atoms with E-state index in [9.17, 15) is 9.59 Å². The van der Waals surface area contributed by atoms with Crippen molar-refractivity contribution in [3.05, 3.63) is 46.0 Å². The Morgan fingerprint density at radius 3 is 2.90 bits per heavy atom. The first kappa shape index (κ1) is 15.2. The van der Waals surface area contributed by atoms with Crippen LogP contribution in [-0.2, 0) is 11.3 Å². The van der Waals surface area contributed by atoms with Gasteiger partial charge in [0.15, 0.2) is 0 Å². The number of carbonyl (C=O) groups is 1. The Morgan fingerprint density at radius 2 is 2.19 bits per heavy atom. The zero-order chi connectivity index (χ0) is 15.4. The molecule has 0 aliphatic rings. The molecule has 0 aromatic carbocycles. The molecule has 0 unspecified atom stereocenters. The van der Waals surface area contributed by atoms with Crippen molar-refractivity contribution in [2.24, 2.45) is 0 Å². The molecular weight excluding hydrogens is 270 g/mol. The van der Waals surface area contributed by atoms with Gasteiger partial charge in [-0.2, -0.15) is 0 Å². The van der Waals surface area contributed by atoms with Gasteiger partial charge in [0.05, 0.1) is 5.69 Å². The van der Waals surface area contributed by atoms with E-state index in [0.717, 1.165) is 5.56 Å². The molecule has 0 saturated heterocycles. The van der Waals surface area contributed by atoms with Gasteiger partial charge in [0.25, 0.3) is 5.56 Å². The van der Waals surface area contributed by atoms with Gasteiger partial charge in [-0.15, -0.1) is 0 Å². The molecule has 2 heterocycles. The van der Waals surface area contributed by atoms with Crippen LogP contribution >= 0.6 is 0 Å². The van der Waals surface area contributed by atoms with E-state index < -0.39 is 5.97 Å². The third-order valence-electron chi connectivity index (χ3n) is 3.24. The maximum absolute atomic E-state index is 12.0. The van der Waals surface area contributed by atoms with Crippen LogP contribution in [0.15, 0.2) is 29.2 Å². The molecule has 6 heteroatoms. The van der Waals surface area contributed by atoms with Crippen LogP contribution < -0.4 is 5.56 Å². The molecule has 2 aromatic rings. The van der Waals surface area contributed by atoms with Gasteiger partial charge < -0.3 is 10.0 Å². The van der Waals surface area contributed by atoms with Crippen LogP contribution in [0.3, 0.4) is 0 Å². The summed E-state index contributed by atoms with van der Waals surface area (Å²) in [6, 6.07) is 5.26. The summed E-state index contributed by atoms with van der Waals surface area (Å²) in [5, 5.41) is 8.62. The number of hydrogen-bond donors (Lipinski definition) is 1. The fourth-order valence-corrected chi connectivity index (χ4v) is 2.19. The van der Waals surface area contributed by atoms with Crippen molar-refractivity contribution in [1.82, 2.24) is 14.3 Å². The fraction of sp³-hybridized carbons (Fsp3) is 0.400. The lowest BCUT2D eigenvalue weighted by Gasteiger charge is -2.15. The Bertz CT molecular complexity index is 709. The number of fused-ring (bicyclic) bond motifs is 1. The number of pyridine rings is 1. The quantitative estimate of drug-likeness (QED) is 0.867. The van der Waals surface area contributed by atoms with Crippen LogP contribution in [0.5, 0.6) is 0 Å². The van der Waals surface area contributed by atoms with Crippen molar-refractivity contribution in [2.45, 2.75) is 26.3 Å². The number of hydrogen-bond acceptors (Lipinski definition) is 4. The second-order valence-electron chi connectivity index (χ2n) is 5.25. The molecule has 0 saturated carbocycles. The Labute approximate surface area is 122 Å². The summed E-state index contributed by atoms with van der Waals surface area (Å²) in [5.74, 6) is -0.791. The molecule has 0 amide bonds. The summed E-state index contributed by atoms with van der Waals surface area (Å²) < 4.78 is 1.51. The summed E-state index contributed by atoms with van der Waals surface area (Å²) in [6.07, 6.45) is 2.45. The second-order valence-corrected chi connectivity index (χ2v) is 5.25. The van der Waals surface area contributed by atoms with Crippen molar-refractivity contribution >= 4 is 11.6 Å². The Balaban J connectivity index is 2.11. The molecule has 21 heavy (non-hydrogen) atoms. The maximum Gasteiger partial charge on any atom is 0.303 e. The predicted octanol–water partition coefficient (Wildman–Crippen LogP) is 1.30. The molecule has 1 N–H and O–H groups in total. The van der Waals surface area contributed by atoms with Crippen LogP contribution in [0, 0.1) is 6.92 Å². The van der Waals surface area contributed by atoms with Crippen LogP contribution in [-0.4, -0.2) is 39.0 Å². The lowest BCUT2D eigenvalue weighted by molar-refractivity contribution is -0.137. The Hall–Kier alpha value is -2.21. The van der Waals surface area contributed by atoms with Crippen LogP contribution in [0.1, 0.15) is 24.1 Å². The molecule has 112 valence electrons. The van der Waals surface area contributed by atoms with Crippen molar-refractivity contribution in [3.8, 4) is 0 Å². The van der Waals surface area contributed by atoms with Crippen molar-refractivity contribution < 1.29 is 9.90 Å². The van der Waals surface area contributed by atoms with Gasteiger partial charge in [-0.1, -0.05) is 0 Å². The minimum atomic E-state index is -0.791. The highest BCUT2D eigenvalue weighted by molar-refractivity contribution is 5.66. The van der Waals surface area contributed by atoms with E-state index in [-0.39, 0.29) is 12.0 Å². The van der Waals surface area contributed by atoms with Gasteiger partial charge in [0.1, 0.15) is 5.65 Å². The number of carboxylic acids is 1. The fourth-order valence-electron chi connectivity index (χ4n) is 2.19. The van der Waals surface area contributed by atoms with Gasteiger partial charge in [0, 0.05) is 25.2 Å². The molecular formula is C15H19N3O3. The first-order valence-corrected chi connectivity index (χ1v) is 6.85. The number of nitrogens with zero attached hydrogens (tertiary/aromatic N) is 3. The average molecular weight is 289 g/mol. The molecule has 6 nitrogen and oxygen atoms in total. The van der Waals surface area contributed by atoms with Gasteiger partial charge in [-0.25, -0.2) is 4.98 Å². The first-order valence-electron chi connectivity index (χ1n) is 6.85. The zero-order valence-corrected chi connectivity index (χ0v) is 12.2. The number of aryl methyl sites for hydroxylation is 1. The summed E-state index contributed by atoms with van der Waals surface area (Å²) >= 11 is 0. The zero-order valence-electron chi connectivity index (χ0n) is 12.2. The molecule has 0 bridgehead atoms. The largest absolute Gasteiger partial charge is 0.481 e. The van der Waals surface area contributed by atoms with Crippen molar-refractivity contribution in [1.29, 1.82) is 0 Å². The molecule has 2 rings (SSSR count). The lowest BCUT2D eigenvalue weighted by Crippen LogP contribution is -2.23. The van der Waals surface area contributed by atoms with E-state index in [1.54, 1.807) is 6.20 Å². The summed E-state index contributed by atoms with van der Waals surface area (Å²) in [7, 11) is 1.89. The molecule has 0 radical (unpaired) electrons. The predicted molar refractivity (Wildman–Crippen MR) is 79.4 cm³/mol. The molecule has 0 atom stereocenters. The van der Waals surface area contributed by atoms with E-state index in [4.69, 9.17) is 5.11 Å². The third kappa shape index (κ3) is 4.13. The second kappa shape index (κ2) is 6.49. The number of carboxylic acid groups (broad SMARTS) is 1.